The molecule has 2 nitrogen and oxygen atoms in total. The van der Waals surface area contributed by atoms with Crippen LogP contribution in [0, 0.1) is 5.92 Å². The summed E-state index contributed by atoms with van der Waals surface area (Å²) in [6, 6.07) is 0. The Balaban J connectivity index is 3.04. The highest BCUT2D eigenvalue weighted by molar-refractivity contribution is 5.79. The molecule has 0 aromatic carbocycles. The molecule has 0 aliphatic heterocycles. The Labute approximate surface area is 132 Å². The van der Waals surface area contributed by atoms with Crippen LogP contribution in [0.1, 0.15) is 97.3 Å². The summed E-state index contributed by atoms with van der Waals surface area (Å²) in [6.07, 6.45) is 20.1. The first-order valence-electron chi connectivity index (χ1n) is 9.02. The first-order chi connectivity index (χ1) is 10.1. The lowest BCUT2D eigenvalue weighted by Gasteiger charge is -2.04. The van der Waals surface area contributed by atoms with E-state index in [2.05, 4.69) is 13.8 Å². The van der Waals surface area contributed by atoms with Crippen LogP contribution in [0.5, 0.6) is 0 Å². The van der Waals surface area contributed by atoms with Crippen LogP contribution < -0.4 is 0 Å². The van der Waals surface area contributed by atoms with Crippen molar-refractivity contribution < 1.29 is 9.90 Å². The normalized spacial score (nSPS) is 11.6. The molecule has 0 aromatic rings. The Kier molecular flexibility index (Phi) is 15.0. The van der Waals surface area contributed by atoms with Crippen molar-refractivity contribution in [2.45, 2.75) is 97.3 Å². The molecule has 0 amide bonds. The second-order valence-electron chi connectivity index (χ2n) is 6.60. The minimum atomic E-state index is -0.834. The van der Waals surface area contributed by atoms with Crippen molar-refractivity contribution in [3.05, 3.63) is 12.2 Å². The van der Waals surface area contributed by atoms with Crippen LogP contribution in [0.4, 0.5) is 0 Å². The predicted octanol–water partition coefficient (Wildman–Crippen LogP) is 6.35. The number of aliphatic carboxylic acids is 1. The average Bonchev–Trinajstić information content (AvgIpc) is 2.42. The second-order valence-corrected chi connectivity index (χ2v) is 6.60. The van der Waals surface area contributed by atoms with Gasteiger partial charge in [-0.15, -0.1) is 0 Å². The molecule has 2 heteroatoms. The number of unbranched alkanes of at least 4 members (excludes halogenated alkanes) is 11. The highest BCUT2D eigenvalue weighted by atomic mass is 16.4. The van der Waals surface area contributed by atoms with Gasteiger partial charge in [0.2, 0.25) is 0 Å². The van der Waals surface area contributed by atoms with Crippen molar-refractivity contribution in [2.24, 2.45) is 5.92 Å². The zero-order valence-electron chi connectivity index (χ0n) is 14.3. The van der Waals surface area contributed by atoms with E-state index in [0.29, 0.717) is 0 Å². The fourth-order valence-electron chi connectivity index (χ4n) is 2.59. The molecule has 0 bridgehead atoms. The highest BCUT2D eigenvalue weighted by Crippen LogP contribution is 2.14. The minimum Gasteiger partial charge on any atom is -0.478 e. The summed E-state index contributed by atoms with van der Waals surface area (Å²) in [4.78, 5) is 10.3. The third-order valence-electron chi connectivity index (χ3n) is 3.91. The molecule has 0 fully saturated rings. The van der Waals surface area contributed by atoms with E-state index in [1.165, 1.54) is 76.7 Å². The van der Waals surface area contributed by atoms with Gasteiger partial charge in [0.25, 0.3) is 0 Å². The van der Waals surface area contributed by atoms with E-state index in [0.717, 1.165) is 18.8 Å². The SMILES string of the molecule is CC(C)CCCCCCCCCCCCC/C=C/C(=O)O. The summed E-state index contributed by atoms with van der Waals surface area (Å²) < 4.78 is 0. The van der Waals surface area contributed by atoms with Gasteiger partial charge in [-0.25, -0.2) is 4.79 Å². The Bertz CT molecular complexity index is 256. The summed E-state index contributed by atoms with van der Waals surface area (Å²) in [5, 5.41) is 8.44. The number of rotatable bonds is 15. The quantitative estimate of drug-likeness (QED) is 0.282. The van der Waals surface area contributed by atoms with Gasteiger partial charge in [0.1, 0.15) is 0 Å². The van der Waals surface area contributed by atoms with E-state index < -0.39 is 5.97 Å². The number of hydrogen-bond acceptors (Lipinski definition) is 1. The first kappa shape index (κ1) is 20.2. The summed E-state index contributed by atoms with van der Waals surface area (Å²) in [6.45, 7) is 4.62. The number of hydrogen-bond donors (Lipinski definition) is 1. The van der Waals surface area contributed by atoms with Gasteiger partial charge in [0.05, 0.1) is 0 Å². The van der Waals surface area contributed by atoms with Gasteiger partial charge in [-0.2, -0.15) is 0 Å². The molecule has 0 aliphatic carbocycles. The first-order valence-corrected chi connectivity index (χ1v) is 9.02. The summed E-state index contributed by atoms with van der Waals surface area (Å²) in [5.74, 6) is 0.0313. The molecule has 0 aromatic heterocycles. The molecular formula is C19H36O2. The van der Waals surface area contributed by atoms with Gasteiger partial charge in [-0.3, -0.25) is 0 Å². The molecule has 0 heterocycles. The average molecular weight is 296 g/mol. The monoisotopic (exact) mass is 296 g/mol. The van der Waals surface area contributed by atoms with E-state index >= 15 is 0 Å². The number of allylic oxidation sites excluding steroid dienone is 1. The summed E-state index contributed by atoms with van der Waals surface area (Å²) in [5.41, 5.74) is 0. The molecule has 0 atom stereocenters. The maximum Gasteiger partial charge on any atom is 0.327 e. The van der Waals surface area contributed by atoms with Crippen LogP contribution in [-0.2, 0) is 4.79 Å². The summed E-state index contributed by atoms with van der Waals surface area (Å²) >= 11 is 0. The van der Waals surface area contributed by atoms with Crippen LogP contribution >= 0.6 is 0 Å². The van der Waals surface area contributed by atoms with Gasteiger partial charge in [0, 0.05) is 6.08 Å². The molecule has 0 radical (unpaired) electrons. The van der Waals surface area contributed by atoms with E-state index in [1.54, 1.807) is 6.08 Å². The van der Waals surface area contributed by atoms with Gasteiger partial charge >= 0.3 is 5.97 Å². The Morgan fingerprint density at radius 1 is 0.810 bits per heavy atom. The van der Waals surface area contributed by atoms with Crippen molar-refractivity contribution in [2.75, 3.05) is 0 Å². The maximum absolute atomic E-state index is 10.3. The van der Waals surface area contributed by atoms with Gasteiger partial charge in [0.15, 0.2) is 0 Å². The number of carbonyl (C=O) groups is 1. The zero-order valence-corrected chi connectivity index (χ0v) is 14.3. The Hall–Kier alpha value is -0.790. The number of carboxylic acids is 1. The van der Waals surface area contributed by atoms with E-state index in [-0.39, 0.29) is 0 Å². The fraction of sp³-hybridized carbons (Fsp3) is 0.842. The van der Waals surface area contributed by atoms with Crippen LogP contribution in [0.25, 0.3) is 0 Å². The lowest BCUT2D eigenvalue weighted by Crippen LogP contribution is -1.87. The predicted molar refractivity (Wildman–Crippen MR) is 91.6 cm³/mol. The lowest BCUT2D eigenvalue weighted by atomic mass is 10.0. The van der Waals surface area contributed by atoms with Crippen molar-refractivity contribution >= 4 is 5.97 Å². The van der Waals surface area contributed by atoms with Crippen molar-refractivity contribution in [1.82, 2.24) is 0 Å². The van der Waals surface area contributed by atoms with Crippen LogP contribution in [0.2, 0.25) is 0 Å². The standard InChI is InChI=1S/C19H36O2/c1-18(2)16-14-12-10-8-6-4-3-5-7-9-11-13-15-17-19(20)21/h15,17-18H,3-14,16H2,1-2H3,(H,20,21)/b17-15+. The molecule has 124 valence electrons. The van der Waals surface area contributed by atoms with Crippen molar-refractivity contribution in [3.63, 3.8) is 0 Å². The smallest absolute Gasteiger partial charge is 0.327 e. The lowest BCUT2D eigenvalue weighted by molar-refractivity contribution is -0.131. The third kappa shape index (κ3) is 19.2. The topological polar surface area (TPSA) is 37.3 Å². The largest absolute Gasteiger partial charge is 0.478 e. The molecule has 0 saturated heterocycles. The van der Waals surface area contributed by atoms with Crippen LogP contribution in [0.3, 0.4) is 0 Å². The van der Waals surface area contributed by atoms with Crippen LogP contribution in [-0.4, -0.2) is 11.1 Å². The highest BCUT2D eigenvalue weighted by Gasteiger charge is 1.95. The molecule has 0 spiro atoms. The van der Waals surface area contributed by atoms with Crippen molar-refractivity contribution in [3.8, 4) is 0 Å². The summed E-state index contributed by atoms with van der Waals surface area (Å²) in [7, 11) is 0. The third-order valence-corrected chi connectivity index (χ3v) is 3.91. The van der Waals surface area contributed by atoms with Crippen LogP contribution in [0.15, 0.2) is 12.2 Å². The molecular weight excluding hydrogens is 260 g/mol. The van der Waals surface area contributed by atoms with E-state index in [9.17, 15) is 4.79 Å². The fourth-order valence-corrected chi connectivity index (χ4v) is 2.59. The Morgan fingerprint density at radius 2 is 1.24 bits per heavy atom. The molecule has 0 rings (SSSR count). The zero-order chi connectivity index (χ0) is 15.8. The molecule has 21 heavy (non-hydrogen) atoms. The molecule has 0 saturated carbocycles. The van der Waals surface area contributed by atoms with Crippen molar-refractivity contribution in [1.29, 1.82) is 0 Å². The molecule has 1 N–H and O–H groups in total. The Morgan fingerprint density at radius 3 is 1.67 bits per heavy atom. The molecule has 0 aliphatic rings. The van der Waals surface area contributed by atoms with E-state index in [1.807, 2.05) is 0 Å². The second kappa shape index (κ2) is 15.6. The number of carboxylic acid groups (broad SMARTS) is 1. The maximum atomic E-state index is 10.3. The van der Waals surface area contributed by atoms with Gasteiger partial charge in [-0.05, 0) is 18.8 Å². The van der Waals surface area contributed by atoms with Gasteiger partial charge < -0.3 is 5.11 Å². The molecule has 0 unspecified atom stereocenters. The minimum absolute atomic E-state index is 0.834. The van der Waals surface area contributed by atoms with E-state index in [4.69, 9.17) is 5.11 Å². The van der Waals surface area contributed by atoms with Gasteiger partial charge in [-0.1, -0.05) is 90.6 Å².